The standard InChI is InChI=1S/C30H26ClN3O4S/c1-3-38-23-14-12-22(13-15-23)32-28(35)18-34-29(36)27(39-30(34)37)16-25-19(2)33(26-7-5-4-6-24(25)26)17-20-8-10-21(31)11-9-20/h4-16H,3,17-18H2,1-2H3,(H,32,35)/b27-16+. The maximum Gasteiger partial charge on any atom is 0.294 e. The molecule has 2 heterocycles. The lowest BCUT2D eigenvalue weighted by Gasteiger charge is -2.12. The van der Waals surface area contributed by atoms with Crippen molar-refractivity contribution < 1.29 is 19.1 Å². The molecule has 1 N–H and O–H groups in total. The number of anilines is 1. The molecule has 1 aromatic heterocycles. The van der Waals surface area contributed by atoms with Gasteiger partial charge in [-0.15, -0.1) is 0 Å². The SMILES string of the molecule is CCOc1ccc(NC(=O)CN2C(=O)S/C(=C/c3c(C)n(Cc4ccc(Cl)cc4)c4ccccc34)C2=O)cc1. The summed E-state index contributed by atoms with van der Waals surface area (Å²) in [6, 6.07) is 22.6. The number of fused-ring (bicyclic) bond motifs is 1. The second-order valence-corrected chi connectivity index (χ2v) is 10.4. The minimum Gasteiger partial charge on any atom is -0.494 e. The molecule has 3 aromatic carbocycles. The highest BCUT2D eigenvalue weighted by molar-refractivity contribution is 8.18. The summed E-state index contributed by atoms with van der Waals surface area (Å²) in [6.45, 7) is 4.69. The zero-order valence-corrected chi connectivity index (χ0v) is 23.0. The Morgan fingerprint density at radius 1 is 1.03 bits per heavy atom. The Kier molecular flexibility index (Phi) is 7.77. The number of thioether (sulfide) groups is 1. The highest BCUT2D eigenvalue weighted by atomic mass is 35.5. The van der Waals surface area contributed by atoms with Gasteiger partial charge in [0.05, 0.1) is 11.5 Å². The molecular formula is C30H26ClN3O4S. The maximum atomic E-state index is 13.2. The van der Waals surface area contributed by atoms with Crippen LogP contribution in [0.15, 0.2) is 77.7 Å². The Morgan fingerprint density at radius 3 is 2.46 bits per heavy atom. The number of imide groups is 1. The van der Waals surface area contributed by atoms with Gasteiger partial charge in [-0.3, -0.25) is 19.3 Å². The molecule has 1 saturated heterocycles. The van der Waals surface area contributed by atoms with Crippen LogP contribution in [0.4, 0.5) is 10.5 Å². The van der Waals surface area contributed by atoms with Gasteiger partial charge in [-0.05, 0) is 79.7 Å². The summed E-state index contributed by atoms with van der Waals surface area (Å²) in [6.07, 6.45) is 1.76. The topological polar surface area (TPSA) is 80.6 Å². The van der Waals surface area contributed by atoms with Crippen molar-refractivity contribution in [3.05, 3.63) is 99.5 Å². The number of nitrogens with zero attached hydrogens (tertiary/aromatic N) is 2. The van der Waals surface area contributed by atoms with Gasteiger partial charge in [-0.2, -0.15) is 0 Å². The van der Waals surface area contributed by atoms with Crippen LogP contribution in [-0.4, -0.2) is 39.7 Å². The lowest BCUT2D eigenvalue weighted by Crippen LogP contribution is -2.36. The van der Waals surface area contributed by atoms with Crippen molar-refractivity contribution in [3.63, 3.8) is 0 Å². The summed E-state index contributed by atoms with van der Waals surface area (Å²) in [7, 11) is 0. The molecule has 3 amide bonds. The zero-order valence-electron chi connectivity index (χ0n) is 21.4. The third-order valence-corrected chi connectivity index (χ3v) is 7.59. The third kappa shape index (κ3) is 5.72. The van der Waals surface area contributed by atoms with Crippen LogP contribution in [0.2, 0.25) is 5.02 Å². The van der Waals surface area contributed by atoms with E-state index < -0.39 is 17.1 Å². The number of hydrogen-bond acceptors (Lipinski definition) is 5. The number of carbonyl (C=O) groups is 3. The fourth-order valence-corrected chi connectivity index (χ4v) is 5.47. The molecule has 0 radical (unpaired) electrons. The average molecular weight is 560 g/mol. The minimum atomic E-state index is -0.485. The van der Waals surface area contributed by atoms with Crippen LogP contribution in [0, 0.1) is 6.92 Å². The number of amides is 3. The summed E-state index contributed by atoms with van der Waals surface area (Å²) in [5.41, 5.74) is 4.49. The van der Waals surface area contributed by atoms with Gasteiger partial charge in [-0.1, -0.05) is 41.9 Å². The summed E-state index contributed by atoms with van der Waals surface area (Å²) in [5.74, 6) is -0.254. The van der Waals surface area contributed by atoms with E-state index in [0.717, 1.165) is 44.4 Å². The van der Waals surface area contributed by atoms with E-state index in [1.54, 1.807) is 30.3 Å². The molecule has 1 fully saturated rings. The molecule has 0 aliphatic carbocycles. The first-order chi connectivity index (χ1) is 18.8. The lowest BCUT2D eigenvalue weighted by atomic mass is 10.1. The van der Waals surface area contributed by atoms with E-state index >= 15 is 0 Å². The van der Waals surface area contributed by atoms with Crippen molar-refractivity contribution in [2.45, 2.75) is 20.4 Å². The van der Waals surface area contributed by atoms with E-state index in [9.17, 15) is 14.4 Å². The number of aromatic nitrogens is 1. The van der Waals surface area contributed by atoms with Gasteiger partial charge in [0.25, 0.3) is 11.1 Å². The van der Waals surface area contributed by atoms with E-state index in [1.165, 1.54) is 0 Å². The fourth-order valence-electron chi connectivity index (χ4n) is 4.53. The summed E-state index contributed by atoms with van der Waals surface area (Å²) in [5, 5.41) is 3.90. The van der Waals surface area contributed by atoms with E-state index in [0.29, 0.717) is 29.6 Å². The highest BCUT2D eigenvalue weighted by Gasteiger charge is 2.36. The van der Waals surface area contributed by atoms with Crippen molar-refractivity contribution in [2.75, 3.05) is 18.5 Å². The molecule has 5 rings (SSSR count). The van der Waals surface area contributed by atoms with Gasteiger partial charge in [-0.25, -0.2) is 0 Å². The largest absolute Gasteiger partial charge is 0.494 e. The average Bonchev–Trinajstić information content (AvgIpc) is 3.34. The van der Waals surface area contributed by atoms with Crippen LogP contribution in [0.3, 0.4) is 0 Å². The second kappa shape index (κ2) is 11.4. The second-order valence-electron chi connectivity index (χ2n) is 9.00. The molecule has 7 nitrogen and oxygen atoms in total. The number of benzene rings is 3. The lowest BCUT2D eigenvalue weighted by molar-refractivity contribution is -0.127. The van der Waals surface area contributed by atoms with Crippen LogP contribution in [0.1, 0.15) is 23.7 Å². The molecule has 0 unspecified atom stereocenters. The van der Waals surface area contributed by atoms with E-state index in [-0.39, 0.29) is 11.4 Å². The van der Waals surface area contributed by atoms with Gasteiger partial charge in [0.2, 0.25) is 5.91 Å². The number of para-hydroxylation sites is 1. The minimum absolute atomic E-state index is 0.284. The molecule has 4 aromatic rings. The Balaban J connectivity index is 1.36. The van der Waals surface area contributed by atoms with Crippen LogP contribution < -0.4 is 10.1 Å². The molecular weight excluding hydrogens is 534 g/mol. The fraction of sp³-hybridized carbons (Fsp3) is 0.167. The monoisotopic (exact) mass is 559 g/mol. The molecule has 198 valence electrons. The molecule has 1 aliphatic rings. The van der Waals surface area contributed by atoms with Crippen LogP contribution in [-0.2, 0) is 16.1 Å². The molecule has 0 atom stereocenters. The molecule has 39 heavy (non-hydrogen) atoms. The quantitative estimate of drug-likeness (QED) is 0.242. The molecule has 1 aliphatic heterocycles. The molecule has 0 saturated carbocycles. The predicted octanol–water partition coefficient (Wildman–Crippen LogP) is 6.73. The van der Waals surface area contributed by atoms with Gasteiger partial charge < -0.3 is 14.6 Å². The van der Waals surface area contributed by atoms with Gasteiger partial charge >= 0.3 is 0 Å². The molecule has 9 heteroatoms. The summed E-state index contributed by atoms with van der Waals surface area (Å²) >= 11 is 6.90. The van der Waals surface area contributed by atoms with Crippen molar-refractivity contribution in [1.29, 1.82) is 0 Å². The normalized spacial score (nSPS) is 14.4. The third-order valence-electron chi connectivity index (χ3n) is 6.43. The van der Waals surface area contributed by atoms with Crippen LogP contribution >= 0.6 is 23.4 Å². The van der Waals surface area contributed by atoms with Crippen molar-refractivity contribution in [2.24, 2.45) is 0 Å². The van der Waals surface area contributed by atoms with Crippen LogP contribution in [0.5, 0.6) is 5.75 Å². The smallest absolute Gasteiger partial charge is 0.294 e. The van der Waals surface area contributed by atoms with Crippen molar-refractivity contribution in [1.82, 2.24) is 9.47 Å². The van der Waals surface area contributed by atoms with E-state index in [2.05, 4.69) is 9.88 Å². The Hall–Kier alpha value is -4.01. The first-order valence-corrected chi connectivity index (χ1v) is 13.6. The van der Waals surface area contributed by atoms with E-state index in [1.807, 2.05) is 62.4 Å². The first-order valence-electron chi connectivity index (χ1n) is 12.4. The summed E-state index contributed by atoms with van der Waals surface area (Å²) < 4.78 is 7.59. The first kappa shape index (κ1) is 26.6. The Labute approximate surface area is 235 Å². The van der Waals surface area contributed by atoms with E-state index in [4.69, 9.17) is 16.3 Å². The molecule has 0 bridgehead atoms. The number of halogens is 1. The zero-order chi connectivity index (χ0) is 27.5. The Morgan fingerprint density at radius 2 is 1.74 bits per heavy atom. The molecule has 0 spiro atoms. The number of ether oxygens (including phenoxy) is 1. The number of rotatable bonds is 8. The predicted molar refractivity (Wildman–Crippen MR) is 156 cm³/mol. The van der Waals surface area contributed by atoms with Crippen molar-refractivity contribution >= 4 is 63.1 Å². The number of carbonyl (C=O) groups excluding carboxylic acids is 3. The Bertz CT molecular complexity index is 1590. The maximum absolute atomic E-state index is 13.2. The van der Waals surface area contributed by atoms with Gasteiger partial charge in [0, 0.05) is 39.4 Å². The number of hydrogen-bond donors (Lipinski definition) is 1. The van der Waals surface area contributed by atoms with Gasteiger partial charge in [0.1, 0.15) is 12.3 Å². The van der Waals surface area contributed by atoms with Gasteiger partial charge in [0.15, 0.2) is 0 Å². The van der Waals surface area contributed by atoms with Crippen molar-refractivity contribution in [3.8, 4) is 5.75 Å². The number of nitrogens with one attached hydrogen (secondary N) is 1. The van der Waals surface area contributed by atoms with Crippen LogP contribution in [0.25, 0.3) is 17.0 Å². The highest BCUT2D eigenvalue weighted by Crippen LogP contribution is 2.36. The summed E-state index contributed by atoms with van der Waals surface area (Å²) in [4.78, 5) is 39.8.